The minimum absolute atomic E-state index is 0.517. The van der Waals surface area contributed by atoms with Gasteiger partial charge in [-0.25, -0.2) is 0 Å². The lowest BCUT2D eigenvalue weighted by molar-refractivity contribution is 0.773. The quantitative estimate of drug-likeness (QED) is 0.172. The van der Waals surface area contributed by atoms with Gasteiger partial charge in [0.2, 0.25) is 0 Å². The molecule has 2 nitrogen and oxygen atoms in total. The van der Waals surface area contributed by atoms with Gasteiger partial charge < -0.3 is 9.47 Å². The first kappa shape index (κ1) is 34.0. The molecule has 2 heterocycles. The minimum atomic E-state index is -0.517. The van der Waals surface area contributed by atoms with Crippen molar-refractivity contribution in [1.29, 1.82) is 0 Å². The second-order valence-corrected chi connectivity index (χ2v) is 17.9. The molecule has 0 saturated heterocycles. The lowest BCUT2D eigenvalue weighted by Gasteiger charge is -2.40. The summed E-state index contributed by atoms with van der Waals surface area (Å²) in [6.45, 7) is 0. The van der Waals surface area contributed by atoms with Gasteiger partial charge in [0, 0.05) is 53.7 Å². The summed E-state index contributed by atoms with van der Waals surface area (Å²) >= 11 is 1.87. The number of hydrogen-bond donors (Lipinski definition) is 0. The first-order chi connectivity index (χ1) is 30.8. The molecule has 0 saturated carbocycles. The zero-order valence-electron chi connectivity index (χ0n) is 33.6. The lowest BCUT2D eigenvalue weighted by atomic mass is 9.61. The Hall–Kier alpha value is -7.72. The highest BCUT2D eigenvalue weighted by atomic mass is 32.1. The number of aromatic nitrogens is 1. The summed E-state index contributed by atoms with van der Waals surface area (Å²) in [4.78, 5) is 2.50. The summed E-state index contributed by atoms with van der Waals surface area (Å²) in [6, 6.07) is 81.8. The average molecular weight is 805 g/mol. The maximum Gasteiger partial charge on any atom is 0.0726 e. The first-order valence-electron chi connectivity index (χ1n) is 21.4. The summed E-state index contributed by atoms with van der Waals surface area (Å²) in [7, 11) is 0. The molecule has 12 aromatic rings. The lowest BCUT2D eigenvalue weighted by Crippen LogP contribution is -2.32. The summed E-state index contributed by atoms with van der Waals surface area (Å²) < 4.78 is 5.01. The van der Waals surface area contributed by atoms with Crippen LogP contribution in [0.4, 0.5) is 17.1 Å². The molecule has 2 aliphatic rings. The largest absolute Gasteiger partial charge is 0.310 e. The zero-order chi connectivity index (χ0) is 40.5. The smallest absolute Gasteiger partial charge is 0.0726 e. The molecule has 0 radical (unpaired) electrons. The zero-order valence-corrected chi connectivity index (χ0v) is 34.4. The Morgan fingerprint density at radius 2 is 0.919 bits per heavy atom. The highest BCUT2D eigenvalue weighted by Gasteiger charge is 2.50. The Balaban J connectivity index is 1.08. The molecule has 0 amide bonds. The molecule has 0 aliphatic heterocycles. The Morgan fingerprint density at radius 3 is 1.74 bits per heavy atom. The highest BCUT2D eigenvalue weighted by molar-refractivity contribution is 7.25. The van der Waals surface area contributed by atoms with E-state index in [1.165, 1.54) is 97.3 Å². The Kier molecular flexibility index (Phi) is 6.95. The molecular formula is C59H36N2S. The van der Waals surface area contributed by atoms with Crippen molar-refractivity contribution in [3.05, 3.63) is 241 Å². The van der Waals surface area contributed by atoms with E-state index in [1.807, 2.05) is 11.3 Å². The van der Waals surface area contributed by atoms with Gasteiger partial charge >= 0.3 is 0 Å². The van der Waals surface area contributed by atoms with E-state index < -0.39 is 5.41 Å². The summed E-state index contributed by atoms with van der Waals surface area (Å²) in [5, 5.41) is 7.70. The standard InChI is InChI=1S/C59H36N2S/c1-2-16-38(17-3-1)61-54-26-10-6-20-45(54)46-32-29-40(35-55(46)61)60(41-30-33-48-47-21-7-11-27-56(47)62-57(48)36-41)39-28-31-44-49-22-12-14-37-15-13-25-52(58(37)49)59(53(44)34-39)50-23-8-4-18-42(50)43-19-5-9-24-51(43)59/h1-36H. The monoisotopic (exact) mass is 804 g/mol. The molecule has 0 N–H and O–H groups in total. The van der Waals surface area contributed by atoms with Crippen LogP contribution in [0.25, 0.3) is 80.7 Å². The van der Waals surface area contributed by atoms with Crippen molar-refractivity contribution < 1.29 is 0 Å². The summed E-state index contributed by atoms with van der Waals surface area (Å²) in [5.74, 6) is 0. The molecule has 62 heavy (non-hydrogen) atoms. The number of benzene rings is 10. The maximum atomic E-state index is 2.52. The van der Waals surface area contributed by atoms with Gasteiger partial charge in [-0.3, -0.25) is 0 Å². The highest BCUT2D eigenvalue weighted by Crippen LogP contribution is 2.62. The number of para-hydroxylation sites is 2. The molecule has 1 spiro atoms. The molecular weight excluding hydrogens is 769 g/mol. The third kappa shape index (κ3) is 4.47. The predicted octanol–water partition coefficient (Wildman–Crippen LogP) is 16.1. The Bertz CT molecular complexity index is 3780. The second-order valence-electron chi connectivity index (χ2n) is 16.8. The number of rotatable bonds is 4. The van der Waals surface area contributed by atoms with Crippen molar-refractivity contribution in [3.8, 4) is 27.9 Å². The first-order valence-corrected chi connectivity index (χ1v) is 22.2. The molecule has 3 heteroatoms. The summed E-state index contributed by atoms with van der Waals surface area (Å²) in [5.41, 5.74) is 16.9. The van der Waals surface area contributed by atoms with Crippen LogP contribution in [0.15, 0.2) is 218 Å². The fraction of sp³-hybridized carbons (Fsp3) is 0.0169. The molecule has 2 aliphatic carbocycles. The van der Waals surface area contributed by atoms with Crippen LogP contribution in [-0.4, -0.2) is 4.57 Å². The van der Waals surface area contributed by atoms with Crippen molar-refractivity contribution in [2.75, 3.05) is 4.90 Å². The van der Waals surface area contributed by atoms with Crippen molar-refractivity contribution in [1.82, 2.24) is 4.57 Å². The van der Waals surface area contributed by atoms with E-state index in [4.69, 9.17) is 0 Å². The Labute approximate surface area is 362 Å². The van der Waals surface area contributed by atoms with E-state index in [2.05, 4.69) is 228 Å². The molecule has 0 atom stereocenters. The van der Waals surface area contributed by atoms with E-state index in [0.29, 0.717) is 0 Å². The molecule has 14 rings (SSSR count). The van der Waals surface area contributed by atoms with Crippen LogP contribution in [0.1, 0.15) is 22.3 Å². The fourth-order valence-corrected chi connectivity index (χ4v) is 12.4. The van der Waals surface area contributed by atoms with E-state index in [0.717, 1.165) is 22.7 Å². The predicted molar refractivity (Wildman–Crippen MR) is 262 cm³/mol. The van der Waals surface area contributed by atoms with Crippen molar-refractivity contribution in [2.24, 2.45) is 0 Å². The van der Waals surface area contributed by atoms with Crippen LogP contribution < -0.4 is 4.90 Å². The van der Waals surface area contributed by atoms with E-state index in [1.54, 1.807) is 0 Å². The van der Waals surface area contributed by atoms with Crippen LogP contribution in [0.5, 0.6) is 0 Å². The topological polar surface area (TPSA) is 8.17 Å². The molecule has 10 aromatic carbocycles. The molecule has 0 fully saturated rings. The second kappa shape index (κ2) is 12.7. The number of thiophene rings is 1. The van der Waals surface area contributed by atoms with Gasteiger partial charge in [-0.15, -0.1) is 11.3 Å². The molecule has 2 aromatic heterocycles. The van der Waals surface area contributed by atoms with Gasteiger partial charge in [-0.05, 0) is 116 Å². The van der Waals surface area contributed by atoms with Crippen LogP contribution in [0, 0.1) is 0 Å². The van der Waals surface area contributed by atoms with Crippen LogP contribution in [0.2, 0.25) is 0 Å². The number of nitrogens with zero attached hydrogens (tertiary/aromatic N) is 2. The maximum absolute atomic E-state index is 2.52. The van der Waals surface area contributed by atoms with Gasteiger partial charge in [-0.2, -0.15) is 0 Å². The number of anilines is 3. The van der Waals surface area contributed by atoms with E-state index in [9.17, 15) is 0 Å². The number of fused-ring (bicyclic) bond motifs is 15. The molecule has 288 valence electrons. The average Bonchev–Trinajstić information content (AvgIpc) is 3.97. The normalized spacial score (nSPS) is 13.3. The molecule has 0 unspecified atom stereocenters. The molecule has 0 bridgehead atoms. The van der Waals surface area contributed by atoms with Gasteiger partial charge in [0.1, 0.15) is 0 Å². The van der Waals surface area contributed by atoms with Gasteiger partial charge in [0.25, 0.3) is 0 Å². The number of hydrogen-bond acceptors (Lipinski definition) is 2. The van der Waals surface area contributed by atoms with Crippen molar-refractivity contribution >= 4 is 81.1 Å². The fourth-order valence-electron chi connectivity index (χ4n) is 11.3. The third-order valence-electron chi connectivity index (χ3n) is 13.8. The van der Waals surface area contributed by atoms with Crippen molar-refractivity contribution in [3.63, 3.8) is 0 Å². The van der Waals surface area contributed by atoms with Crippen molar-refractivity contribution in [2.45, 2.75) is 5.41 Å². The van der Waals surface area contributed by atoms with E-state index in [-0.39, 0.29) is 0 Å². The van der Waals surface area contributed by atoms with Gasteiger partial charge in [0.15, 0.2) is 0 Å². The minimum Gasteiger partial charge on any atom is -0.310 e. The van der Waals surface area contributed by atoms with E-state index >= 15 is 0 Å². The van der Waals surface area contributed by atoms with Crippen LogP contribution >= 0.6 is 11.3 Å². The van der Waals surface area contributed by atoms with Gasteiger partial charge in [0.05, 0.1) is 16.4 Å². The third-order valence-corrected chi connectivity index (χ3v) is 14.9. The Morgan fingerprint density at radius 1 is 0.355 bits per heavy atom. The van der Waals surface area contributed by atoms with Crippen LogP contribution in [-0.2, 0) is 5.41 Å². The van der Waals surface area contributed by atoms with Crippen LogP contribution in [0.3, 0.4) is 0 Å². The summed E-state index contributed by atoms with van der Waals surface area (Å²) in [6.07, 6.45) is 0. The SMILES string of the molecule is c1ccc(-n2c3ccccc3c3ccc(N(c4ccc5c(c4)C4(c6ccccc6-c6ccccc64)c4cccc6cccc-5c46)c4ccc5c(c4)sc4ccccc45)cc32)cc1. The van der Waals surface area contributed by atoms with Gasteiger partial charge in [-0.1, -0.05) is 158 Å².